The first-order valence-corrected chi connectivity index (χ1v) is 7.82. The molecule has 1 aromatic carbocycles. The standard InChI is InChI=1S/C16H15BrN4O/c17-13-8-12(9-18-10-13)16(22)19-6-3-7-21-11-20-14-4-1-2-5-15(14)21/h1-2,4-5,8-11H,3,6-7H2,(H,19,22). The van der Waals surface area contributed by atoms with Gasteiger partial charge in [-0.15, -0.1) is 0 Å². The molecule has 3 aromatic rings. The summed E-state index contributed by atoms with van der Waals surface area (Å²) in [6.07, 6.45) is 5.89. The lowest BCUT2D eigenvalue weighted by Crippen LogP contribution is -2.25. The number of nitrogens with zero attached hydrogens (tertiary/aromatic N) is 3. The summed E-state index contributed by atoms with van der Waals surface area (Å²) in [5, 5.41) is 2.90. The van der Waals surface area contributed by atoms with E-state index in [0.29, 0.717) is 12.1 Å². The number of carbonyl (C=O) groups is 1. The van der Waals surface area contributed by atoms with E-state index in [9.17, 15) is 4.79 Å². The molecule has 0 aliphatic rings. The lowest BCUT2D eigenvalue weighted by Gasteiger charge is -2.07. The van der Waals surface area contributed by atoms with Crippen molar-refractivity contribution in [2.45, 2.75) is 13.0 Å². The van der Waals surface area contributed by atoms with Gasteiger partial charge in [0.25, 0.3) is 5.91 Å². The van der Waals surface area contributed by atoms with Gasteiger partial charge in [0.15, 0.2) is 0 Å². The fraction of sp³-hybridized carbons (Fsp3) is 0.188. The van der Waals surface area contributed by atoms with Gasteiger partial charge in [-0.05, 0) is 40.5 Å². The molecule has 0 fully saturated rings. The molecular formula is C16H15BrN4O. The third-order valence-corrected chi connectivity index (χ3v) is 3.79. The molecule has 0 radical (unpaired) electrons. The van der Waals surface area contributed by atoms with E-state index < -0.39 is 0 Å². The maximum atomic E-state index is 12.0. The molecule has 0 saturated heterocycles. The zero-order valence-corrected chi connectivity index (χ0v) is 13.5. The number of imidazole rings is 1. The highest BCUT2D eigenvalue weighted by molar-refractivity contribution is 9.10. The van der Waals surface area contributed by atoms with Crippen LogP contribution in [0.3, 0.4) is 0 Å². The first-order chi connectivity index (χ1) is 10.7. The number of nitrogens with one attached hydrogen (secondary N) is 1. The van der Waals surface area contributed by atoms with Crippen molar-refractivity contribution in [2.24, 2.45) is 0 Å². The number of hydrogen-bond donors (Lipinski definition) is 1. The van der Waals surface area contributed by atoms with Crippen molar-refractivity contribution in [3.8, 4) is 0 Å². The van der Waals surface area contributed by atoms with Crippen LogP contribution in [0.4, 0.5) is 0 Å². The third-order valence-electron chi connectivity index (χ3n) is 3.36. The van der Waals surface area contributed by atoms with Crippen molar-refractivity contribution in [1.29, 1.82) is 0 Å². The molecule has 2 heterocycles. The van der Waals surface area contributed by atoms with E-state index in [-0.39, 0.29) is 5.91 Å². The van der Waals surface area contributed by atoms with E-state index in [0.717, 1.165) is 28.5 Å². The Balaban J connectivity index is 1.52. The molecule has 0 aliphatic carbocycles. The van der Waals surface area contributed by atoms with Crippen LogP contribution in [0.5, 0.6) is 0 Å². The molecule has 5 nitrogen and oxygen atoms in total. The van der Waals surface area contributed by atoms with Gasteiger partial charge in [0.2, 0.25) is 0 Å². The van der Waals surface area contributed by atoms with Crippen molar-refractivity contribution >= 4 is 32.9 Å². The molecule has 6 heteroatoms. The van der Waals surface area contributed by atoms with Crippen molar-refractivity contribution < 1.29 is 4.79 Å². The average Bonchev–Trinajstić information content (AvgIpc) is 2.95. The third kappa shape index (κ3) is 3.33. The van der Waals surface area contributed by atoms with Crippen LogP contribution >= 0.6 is 15.9 Å². The van der Waals surface area contributed by atoms with Crippen molar-refractivity contribution in [1.82, 2.24) is 19.9 Å². The summed E-state index contributed by atoms with van der Waals surface area (Å²) < 4.78 is 2.90. The number of carbonyl (C=O) groups excluding carboxylic acids is 1. The number of para-hydroxylation sites is 2. The summed E-state index contributed by atoms with van der Waals surface area (Å²) in [4.78, 5) is 20.3. The minimum absolute atomic E-state index is 0.107. The predicted octanol–water partition coefficient (Wildman–Crippen LogP) is 3.01. The summed E-state index contributed by atoms with van der Waals surface area (Å²) >= 11 is 3.31. The zero-order valence-electron chi connectivity index (χ0n) is 11.9. The van der Waals surface area contributed by atoms with Gasteiger partial charge in [0.05, 0.1) is 22.9 Å². The lowest BCUT2D eigenvalue weighted by molar-refractivity contribution is 0.0952. The van der Waals surface area contributed by atoms with Crippen molar-refractivity contribution in [3.63, 3.8) is 0 Å². The van der Waals surface area contributed by atoms with E-state index >= 15 is 0 Å². The van der Waals surface area contributed by atoms with Crippen LogP contribution in [0.2, 0.25) is 0 Å². The second-order valence-electron chi connectivity index (χ2n) is 4.93. The highest BCUT2D eigenvalue weighted by Crippen LogP contribution is 2.12. The number of amides is 1. The minimum Gasteiger partial charge on any atom is -0.352 e. The molecule has 0 atom stereocenters. The van der Waals surface area contributed by atoms with E-state index in [4.69, 9.17) is 0 Å². The maximum Gasteiger partial charge on any atom is 0.252 e. The predicted molar refractivity (Wildman–Crippen MR) is 88.6 cm³/mol. The van der Waals surface area contributed by atoms with Crippen LogP contribution in [0.1, 0.15) is 16.8 Å². The van der Waals surface area contributed by atoms with Gasteiger partial charge in [-0.2, -0.15) is 0 Å². The molecule has 2 aromatic heterocycles. The Kier molecular flexibility index (Phi) is 4.48. The maximum absolute atomic E-state index is 12.0. The average molecular weight is 359 g/mol. The minimum atomic E-state index is -0.107. The molecule has 1 N–H and O–H groups in total. The number of aryl methyl sites for hydroxylation is 1. The first kappa shape index (κ1) is 14.7. The van der Waals surface area contributed by atoms with E-state index in [1.54, 1.807) is 18.5 Å². The van der Waals surface area contributed by atoms with Crippen LogP contribution < -0.4 is 5.32 Å². The van der Waals surface area contributed by atoms with E-state index in [1.807, 2.05) is 30.6 Å². The fourth-order valence-corrected chi connectivity index (χ4v) is 2.64. The number of fused-ring (bicyclic) bond motifs is 1. The van der Waals surface area contributed by atoms with Gasteiger partial charge < -0.3 is 9.88 Å². The molecule has 3 rings (SSSR count). The first-order valence-electron chi connectivity index (χ1n) is 7.02. The van der Waals surface area contributed by atoms with E-state index in [1.165, 1.54) is 0 Å². The largest absolute Gasteiger partial charge is 0.352 e. The number of halogens is 1. The molecule has 1 amide bonds. The Morgan fingerprint density at radius 2 is 2.14 bits per heavy atom. The topological polar surface area (TPSA) is 59.8 Å². The Bertz CT molecular complexity index is 799. The van der Waals surface area contributed by atoms with Gasteiger partial charge >= 0.3 is 0 Å². The van der Waals surface area contributed by atoms with Gasteiger partial charge in [0, 0.05) is 30.0 Å². The molecule has 0 bridgehead atoms. The summed E-state index contributed by atoms with van der Waals surface area (Å²) in [5.41, 5.74) is 2.67. The van der Waals surface area contributed by atoms with Crippen LogP contribution in [-0.2, 0) is 6.54 Å². The fourth-order valence-electron chi connectivity index (χ4n) is 2.28. The van der Waals surface area contributed by atoms with Gasteiger partial charge in [-0.1, -0.05) is 12.1 Å². The Morgan fingerprint density at radius 3 is 3.00 bits per heavy atom. The Labute approximate surface area is 136 Å². The Morgan fingerprint density at radius 1 is 1.27 bits per heavy atom. The number of hydrogen-bond acceptors (Lipinski definition) is 3. The van der Waals surface area contributed by atoms with Crippen LogP contribution in [0.15, 0.2) is 53.5 Å². The monoisotopic (exact) mass is 358 g/mol. The quantitative estimate of drug-likeness (QED) is 0.713. The van der Waals surface area contributed by atoms with Crippen LogP contribution in [0.25, 0.3) is 11.0 Å². The Hall–Kier alpha value is -2.21. The number of pyridine rings is 1. The normalized spacial score (nSPS) is 10.8. The zero-order chi connectivity index (χ0) is 15.4. The summed E-state index contributed by atoms with van der Waals surface area (Å²) in [7, 11) is 0. The highest BCUT2D eigenvalue weighted by atomic mass is 79.9. The molecule has 0 unspecified atom stereocenters. The van der Waals surface area contributed by atoms with Crippen LogP contribution in [-0.4, -0.2) is 27.0 Å². The summed E-state index contributed by atoms with van der Waals surface area (Å²) in [6, 6.07) is 9.78. The van der Waals surface area contributed by atoms with E-state index in [2.05, 4.69) is 35.8 Å². The molecule has 0 saturated carbocycles. The van der Waals surface area contributed by atoms with Gasteiger partial charge in [0.1, 0.15) is 0 Å². The smallest absolute Gasteiger partial charge is 0.252 e. The SMILES string of the molecule is O=C(NCCCn1cnc2ccccc21)c1cncc(Br)c1. The van der Waals surface area contributed by atoms with Crippen molar-refractivity contribution in [2.75, 3.05) is 6.54 Å². The number of benzene rings is 1. The molecule has 112 valence electrons. The van der Waals surface area contributed by atoms with Crippen molar-refractivity contribution in [3.05, 3.63) is 59.1 Å². The lowest BCUT2D eigenvalue weighted by atomic mass is 10.2. The van der Waals surface area contributed by atoms with Gasteiger partial charge in [-0.25, -0.2) is 4.98 Å². The van der Waals surface area contributed by atoms with Gasteiger partial charge in [-0.3, -0.25) is 9.78 Å². The second-order valence-corrected chi connectivity index (χ2v) is 5.84. The summed E-state index contributed by atoms with van der Waals surface area (Å²) in [5.74, 6) is -0.107. The molecule has 0 spiro atoms. The number of rotatable bonds is 5. The molecule has 22 heavy (non-hydrogen) atoms. The molecular weight excluding hydrogens is 344 g/mol. The summed E-state index contributed by atoms with van der Waals surface area (Å²) in [6.45, 7) is 1.43. The number of aromatic nitrogens is 3. The van der Waals surface area contributed by atoms with Crippen LogP contribution in [0, 0.1) is 0 Å². The highest BCUT2D eigenvalue weighted by Gasteiger charge is 2.06. The second kappa shape index (κ2) is 6.70. The molecule has 0 aliphatic heterocycles.